The van der Waals surface area contributed by atoms with E-state index in [9.17, 15) is 29.1 Å². The van der Waals surface area contributed by atoms with E-state index in [2.05, 4.69) is 17.2 Å². The van der Waals surface area contributed by atoms with Crippen molar-refractivity contribution >= 4 is 41.4 Å². The van der Waals surface area contributed by atoms with Crippen LogP contribution in [0.3, 0.4) is 0 Å². The molecule has 1 fully saturated rings. The molecule has 2 heterocycles. The van der Waals surface area contributed by atoms with Crippen molar-refractivity contribution in [3.05, 3.63) is 132 Å². The number of thioether (sulfide) groups is 1. The fourth-order valence-electron chi connectivity index (χ4n) is 5.37. The number of hydrogen-bond donors (Lipinski definition) is 3. The lowest BCUT2D eigenvalue weighted by Crippen LogP contribution is -2.70. The summed E-state index contributed by atoms with van der Waals surface area (Å²) in [6, 6.07) is 25.1. The molecule has 0 aliphatic carbocycles. The highest BCUT2D eigenvalue weighted by atomic mass is 32.2. The Balaban J connectivity index is 1.25. The molecule has 46 heavy (non-hydrogen) atoms. The highest BCUT2D eigenvalue weighted by Crippen LogP contribution is 2.40. The first-order valence-corrected chi connectivity index (χ1v) is 15.8. The zero-order chi connectivity index (χ0) is 32.6. The lowest BCUT2D eigenvalue weighted by Gasteiger charge is -2.49. The third-order valence-corrected chi connectivity index (χ3v) is 9.03. The lowest BCUT2D eigenvalue weighted by atomic mass is 10.0. The van der Waals surface area contributed by atoms with Crippen molar-refractivity contribution in [1.82, 2.24) is 15.5 Å². The van der Waals surface area contributed by atoms with Crippen LogP contribution in [-0.4, -0.2) is 62.9 Å². The summed E-state index contributed by atoms with van der Waals surface area (Å²) in [5, 5.41) is 14.6. The summed E-state index contributed by atoms with van der Waals surface area (Å²) in [5.41, 5.74) is 2.22. The van der Waals surface area contributed by atoms with Crippen molar-refractivity contribution in [2.75, 3.05) is 5.75 Å². The van der Waals surface area contributed by atoms with Crippen LogP contribution < -0.4 is 10.6 Å². The number of carboxylic acids is 1. The summed E-state index contributed by atoms with van der Waals surface area (Å²) in [5.74, 6) is -2.93. The molecule has 2 aliphatic heterocycles. The zero-order valence-corrected chi connectivity index (χ0v) is 25.7. The fraction of sp³-hybridized carbons (Fsp3) is 0.229. The predicted molar refractivity (Wildman–Crippen MR) is 172 cm³/mol. The molecule has 11 heteroatoms. The molecule has 3 aromatic carbocycles. The van der Waals surface area contributed by atoms with E-state index < -0.39 is 53.2 Å². The molecule has 0 saturated carbocycles. The van der Waals surface area contributed by atoms with Gasteiger partial charge >= 0.3 is 11.9 Å². The Morgan fingerprint density at radius 3 is 2.11 bits per heavy atom. The number of aliphatic carboxylic acids is 1. The van der Waals surface area contributed by atoms with Crippen molar-refractivity contribution in [2.45, 2.75) is 42.8 Å². The van der Waals surface area contributed by atoms with Gasteiger partial charge in [-0.2, -0.15) is 0 Å². The van der Waals surface area contributed by atoms with Crippen LogP contribution in [0.15, 0.2) is 115 Å². The Bertz CT molecular complexity index is 1610. The maximum absolute atomic E-state index is 13.7. The molecule has 2 aliphatic rings. The van der Waals surface area contributed by atoms with Gasteiger partial charge in [-0.05, 0) is 41.7 Å². The molecule has 3 N–H and O–H groups in total. The van der Waals surface area contributed by atoms with Crippen LogP contribution in [0.4, 0.5) is 0 Å². The first-order valence-electron chi connectivity index (χ1n) is 14.8. The largest absolute Gasteiger partial charge is 0.477 e. The first kappa shape index (κ1) is 32.2. The van der Waals surface area contributed by atoms with Gasteiger partial charge in [0.2, 0.25) is 5.91 Å². The van der Waals surface area contributed by atoms with Crippen LogP contribution in [0.25, 0.3) is 0 Å². The number of β-lactam (4-membered cyclic amide) rings is 1. The average molecular weight is 640 g/mol. The van der Waals surface area contributed by atoms with E-state index in [4.69, 9.17) is 4.74 Å². The topological polar surface area (TPSA) is 142 Å². The van der Waals surface area contributed by atoms with Crippen LogP contribution in [-0.2, 0) is 23.9 Å². The predicted octanol–water partition coefficient (Wildman–Crippen LogP) is 4.21. The van der Waals surface area contributed by atoms with Gasteiger partial charge in [-0.25, -0.2) is 9.59 Å². The van der Waals surface area contributed by atoms with Crippen LogP contribution >= 0.6 is 11.8 Å². The fourth-order valence-corrected chi connectivity index (χ4v) is 6.71. The highest BCUT2D eigenvalue weighted by Gasteiger charge is 2.53. The number of hydrogen-bond acceptors (Lipinski definition) is 7. The first-order chi connectivity index (χ1) is 22.3. The van der Waals surface area contributed by atoms with Gasteiger partial charge in [0.15, 0.2) is 6.10 Å². The number of nitrogens with zero attached hydrogens (tertiary/aromatic N) is 1. The molecule has 0 aromatic heterocycles. The third-order valence-electron chi connectivity index (χ3n) is 7.72. The third kappa shape index (κ3) is 7.21. The molecule has 2 unspecified atom stereocenters. The molecule has 1 saturated heterocycles. The number of nitrogens with one attached hydrogen (secondary N) is 2. The van der Waals surface area contributed by atoms with Gasteiger partial charge < -0.3 is 20.5 Å². The summed E-state index contributed by atoms with van der Waals surface area (Å²) in [6.45, 7) is 3.63. The summed E-state index contributed by atoms with van der Waals surface area (Å²) in [7, 11) is 0. The number of allylic oxidation sites excluding steroid dienone is 1. The Morgan fingerprint density at radius 1 is 0.957 bits per heavy atom. The molecule has 0 spiro atoms. The maximum Gasteiger partial charge on any atom is 0.352 e. The summed E-state index contributed by atoms with van der Waals surface area (Å²) < 4.78 is 6.02. The number of benzene rings is 3. The standard InChI is InChI=1S/C35H33N3O7S/c1-2-22-21-46-33-28(32(41)38(33)29(22)34(42)43)37-27(39)20-12-19-26(36-31(40)25-17-10-5-11-18-25)35(44)45-30(23-13-6-3-7-14-23)24-15-8-4-9-16-24/h2-11,13-18,26,28,30,33H,1,12,19-21H2,(H,36,40)(H,37,39)(H,42,43)/t26?,28?,33-/m0/s1. The Hall–Kier alpha value is -5.16. The van der Waals surface area contributed by atoms with E-state index in [0.717, 1.165) is 11.1 Å². The second kappa shape index (κ2) is 14.7. The molecular formula is C35H33N3O7S. The van der Waals surface area contributed by atoms with E-state index in [1.807, 2.05) is 60.7 Å². The van der Waals surface area contributed by atoms with Crippen LogP contribution in [0, 0.1) is 0 Å². The number of carbonyl (C=O) groups is 5. The van der Waals surface area contributed by atoms with E-state index in [1.165, 1.54) is 22.7 Å². The van der Waals surface area contributed by atoms with Gasteiger partial charge in [0.05, 0.1) is 0 Å². The number of rotatable bonds is 13. The monoisotopic (exact) mass is 639 g/mol. The molecule has 236 valence electrons. The maximum atomic E-state index is 13.7. The summed E-state index contributed by atoms with van der Waals surface area (Å²) in [6.07, 6.45) is 0.962. The van der Waals surface area contributed by atoms with E-state index in [0.29, 0.717) is 16.9 Å². The quantitative estimate of drug-likeness (QED) is 0.187. The number of fused-ring (bicyclic) bond motifs is 1. The average Bonchev–Trinajstić information content (AvgIpc) is 3.09. The van der Waals surface area contributed by atoms with E-state index >= 15 is 0 Å². The van der Waals surface area contributed by atoms with Gasteiger partial charge in [0, 0.05) is 17.7 Å². The van der Waals surface area contributed by atoms with E-state index in [1.54, 1.807) is 30.3 Å². The van der Waals surface area contributed by atoms with Crippen molar-refractivity contribution in [3.63, 3.8) is 0 Å². The van der Waals surface area contributed by atoms with Gasteiger partial charge in [-0.3, -0.25) is 19.3 Å². The molecular weight excluding hydrogens is 606 g/mol. The van der Waals surface area contributed by atoms with Crippen molar-refractivity contribution in [2.24, 2.45) is 0 Å². The van der Waals surface area contributed by atoms with Crippen molar-refractivity contribution < 1.29 is 33.8 Å². The summed E-state index contributed by atoms with van der Waals surface area (Å²) in [4.78, 5) is 65.4. The Kier molecular flexibility index (Phi) is 10.3. The highest BCUT2D eigenvalue weighted by molar-refractivity contribution is 8.00. The van der Waals surface area contributed by atoms with Crippen LogP contribution in [0.1, 0.15) is 46.9 Å². The molecule has 5 rings (SSSR count). The van der Waals surface area contributed by atoms with Gasteiger partial charge in [-0.15, -0.1) is 11.8 Å². The molecule has 3 aromatic rings. The molecule has 0 radical (unpaired) electrons. The SMILES string of the molecule is C=CC1=C(C(=O)O)N2C(=O)C(NC(=O)CCCC(NC(=O)c3ccccc3)C(=O)OC(c3ccccc3)c3ccccc3)[C@@H]2SC1. The molecule has 0 bridgehead atoms. The Labute approximate surface area is 270 Å². The normalized spacial score (nSPS) is 17.8. The second-order valence-corrected chi connectivity index (χ2v) is 11.9. The number of carboxylic acid groups (broad SMARTS) is 1. The minimum absolute atomic E-state index is 0.0352. The number of amides is 3. The molecule has 3 atom stereocenters. The smallest absolute Gasteiger partial charge is 0.352 e. The number of ether oxygens (including phenoxy) is 1. The zero-order valence-electron chi connectivity index (χ0n) is 24.8. The summed E-state index contributed by atoms with van der Waals surface area (Å²) >= 11 is 1.35. The van der Waals surface area contributed by atoms with Gasteiger partial charge in [0.25, 0.3) is 11.8 Å². The lowest BCUT2D eigenvalue weighted by molar-refractivity contribution is -0.151. The minimum Gasteiger partial charge on any atom is -0.477 e. The van der Waals surface area contributed by atoms with Crippen LogP contribution in [0.5, 0.6) is 0 Å². The molecule has 3 amide bonds. The Morgan fingerprint density at radius 2 is 1.54 bits per heavy atom. The number of carbonyl (C=O) groups excluding carboxylic acids is 4. The van der Waals surface area contributed by atoms with Gasteiger partial charge in [-0.1, -0.05) is 91.5 Å². The van der Waals surface area contributed by atoms with Crippen LogP contribution in [0.2, 0.25) is 0 Å². The molecule has 10 nitrogen and oxygen atoms in total. The van der Waals surface area contributed by atoms with Crippen molar-refractivity contribution in [1.29, 1.82) is 0 Å². The van der Waals surface area contributed by atoms with Gasteiger partial charge in [0.1, 0.15) is 23.2 Å². The number of esters is 1. The van der Waals surface area contributed by atoms with Crippen molar-refractivity contribution in [3.8, 4) is 0 Å². The second-order valence-electron chi connectivity index (χ2n) is 10.8. The van der Waals surface area contributed by atoms with E-state index in [-0.39, 0.29) is 25.0 Å². The minimum atomic E-state index is -1.23.